The highest BCUT2D eigenvalue weighted by Gasteiger charge is 2.25. The Morgan fingerprint density at radius 1 is 1.37 bits per heavy atom. The Morgan fingerprint density at radius 2 is 2.19 bits per heavy atom. The summed E-state index contributed by atoms with van der Waals surface area (Å²) in [6.07, 6.45) is 3.20. The second-order valence-electron chi connectivity index (χ2n) is 6.70. The van der Waals surface area contributed by atoms with Gasteiger partial charge in [0.2, 0.25) is 11.8 Å². The van der Waals surface area contributed by atoms with Crippen LogP contribution in [0.4, 0.5) is 0 Å². The maximum atomic E-state index is 12.5. The van der Waals surface area contributed by atoms with Gasteiger partial charge in [-0.3, -0.25) is 9.59 Å². The van der Waals surface area contributed by atoms with Crippen LogP contribution in [-0.2, 0) is 11.3 Å². The van der Waals surface area contributed by atoms with Crippen molar-refractivity contribution in [3.8, 4) is 5.88 Å². The minimum absolute atomic E-state index is 0.0572. The monoisotopic (exact) mass is 372 g/mol. The number of methoxy groups -OCH3 is 1. The van der Waals surface area contributed by atoms with E-state index in [9.17, 15) is 9.59 Å². The molecule has 0 bridgehead atoms. The molecular weight excluding hydrogens is 348 g/mol. The average molecular weight is 372 g/mol. The molecule has 3 rings (SSSR count). The van der Waals surface area contributed by atoms with E-state index in [0.717, 1.165) is 17.0 Å². The highest BCUT2D eigenvalue weighted by atomic mass is 16.5. The van der Waals surface area contributed by atoms with Crippen molar-refractivity contribution in [1.82, 2.24) is 20.4 Å². The lowest BCUT2D eigenvalue weighted by molar-refractivity contribution is -0.131. The van der Waals surface area contributed by atoms with E-state index < -0.39 is 0 Å². The number of aryl methyl sites for hydroxylation is 2. The van der Waals surface area contributed by atoms with Crippen LogP contribution in [0.3, 0.4) is 0 Å². The number of hydrogen-bond acceptors (Lipinski definition) is 6. The minimum atomic E-state index is -0.193. The highest BCUT2D eigenvalue weighted by Crippen LogP contribution is 2.19. The summed E-state index contributed by atoms with van der Waals surface area (Å²) in [5, 5.41) is 6.95. The van der Waals surface area contributed by atoms with Crippen molar-refractivity contribution in [2.45, 2.75) is 45.7 Å². The zero-order chi connectivity index (χ0) is 19.4. The van der Waals surface area contributed by atoms with Crippen molar-refractivity contribution >= 4 is 11.8 Å². The third-order valence-electron chi connectivity index (χ3n) is 4.88. The molecule has 144 valence electrons. The van der Waals surface area contributed by atoms with E-state index in [2.05, 4.69) is 15.5 Å². The molecule has 0 aliphatic carbocycles. The summed E-state index contributed by atoms with van der Waals surface area (Å²) in [7, 11) is 1.53. The van der Waals surface area contributed by atoms with Gasteiger partial charge in [-0.1, -0.05) is 5.16 Å². The summed E-state index contributed by atoms with van der Waals surface area (Å²) in [6.45, 7) is 4.79. The molecule has 2 amide bonds. The lowest BCUT2D eigenvalue weighted by atomic mass is 10.1. The molecule has 1 atom stereocenters. The molecule has 8 nitrogen and oxygen atoms in total. The third kappa shape index (κ3) is 4.45. The fourth-order valence-electron chi connectivity index (χ4n) is 3.17. The predicted molar refractivity (Wildman–Crippen MR) is 97.3 cm³/mol. The van der Waals surface area contributed by atoms with E-state index >= 15 is 0 Å². The third-order valence-corrected chi connectivity index (χ3v) is 4.88. The molecule has 3 heterocycles. The lowest BCUT2D eigenvalue weighted by Crippen LogP contribution is -2.36. The number of likely N-dealkylation sites (tertiary alicyclic amines) is 1. The minimum Gasteiger partial charge on any atom is -0.481 e. The molecule has 1 aliphatic rings. The van der Waals surface area contributed by atoms with Crippen LogP contribution in [-0.4, -0.2) is 46.6 Å². The van der Waals surface area contributed by atoms with Gasteiger partial charge in [-0.25, -0.2) is 4.98 Å². The number of ether oxygens (including phenoxy) is 1. The molecule has 27 heavy (non-hydrogen) atoms. The predicted octanol–water partition coefficient (Wildman–Crippen LogP) is 2.01. The van der Waals surface area contributed by atoms with Crippen molar-refractivity contribution in [3.63, 3.8) is 0 Å². The number of amides is 2. The number of aromatic nitrogens is 2. The van der Waals surface area contributed by atoms with Crippen LogP contribution in [0.1, 0.15) is 46.6 Å². The fourth-order valence-corrected chi connectivity index (χ4v) is 3.17. The Balaban J connectivity index is 1.60. The number of nitrogens with zero attached hydrogens (tertiary/aromatic N) is 3. The van der Waals surface area contributed by atoms with Crippen LogP contribution in [0.25, 0.3) is 0 Å². The average Bonchev–Trinajstić information content (AvgIpc) is 2.89. The standard InChI is InChI=1S/C19H24N4O4/c1-12-16(13(2)27-22-12)11-23-9-8-15(5-7-18(23)24)21-19(25)14-4-6-17(26-3)20-10-14/h4,6,10,15H,5,7-9,11H2,1-3H3,(H,21,25). The Bertz CT molecular complexity index is 796. The lowest BCUT2D eigenvalue weighted by Gasteiger charge is -2.21. The molecule has 8 heteroatoms. The summed E-state index contributed by atoms with van der Waals surface area (Å²) in [5.41, 5.74) is 2.23. The first-order chi connectivity index (χ1) is 13.0. The summed E-state index contributed by atoms with van der Waals surface area (Å²) < 4.78 is 10.2. The first kappa shape index (κ1) is 18.9. The molecule has 0 radical (unpaired) electrons. The van der Waals surface area contributed by atoms with E-state index in [-0.39, 0.29) is 17.9 Å². The van der Waals surface area contributed by atoms with Crippen LogP contribution < -0.4 is 10.1 Å². The number of hydrogen-bond donors (Lipinski definition) is 1. The number of carbonyl (C=O) groups is 2. The quantitative estimate of drug-likeness (QED) is 0.862. The fraction of sp³-hybridized carbons (Fsp3) is 0.474. The van der Waals surface area contributed by atoms with Crippen LogP contribution in [0.2, 0.25) is 0 Å². The van der Waals surface area contributed by atoms with E-state index in [4.69, 9.17) is 9.26 Å². The van der Waals surface area contributed by atoms with E-state index in [1.54, 1.807) is 12.1 Å². The smallest absolute Gasteiger partial charge is 0.253 e. The van der Waals surface area contributed by atoms with Gasteiger partial charge in [-0.15, -0.1) is 0 Å². The van der Waals surface area contributed by atoms with Gasteiger partial charge in [0.15, 0.2) is 0 Å². The Kier molecular flexibility index (Phi) is 5.73. The van der Waals surface area contributed by atoms with Gasteiger partial charge < -0.3 is 19.5 Å². The van der Waals surface area contributed by atoms with Gasteiger partial charge in [0.1, 0.15) is 5.76 Å². The highest BCUT2D eigenvalue weighted by molar-refractivity contribution is 5.94. The van der Waals surface area contributed by atoms with Crippen molar-refractivity contribution in [2.24, 2.45) is 0 Å². The molecule has 1 aliphatic heterocycles. The molecule has 0 aromatic carbocycles. The number of pyridine rings is 1. The summed E-state index contributed by atoms with van der Waals surface area (Å²) in [6, 6.07) is 3.27. The van der Waals surface area contributed by atoms with Gasteiger partial charge in [-0.05, 0) is 32.8 Å². The van der Waals surface area contributed by atoms with Crippen LogP contribution in [0.5, 0.6) is 5.88 Å². The van der Waals surface area contributed by atoms with Crippen LogP contribution in [0, 0.1) is 13.8 Å². The number of rotatable bonds is 5. The van der Waals surface area contributed by atoms with Gasteiger partial charge in [-0.2, -0.15) is 0 Å². The Labute approximate surface area is 157 Å². The summed E-state index contributed by atoms with van der Waals surface area (Å²) in [4.78, 5) is 30.8. The van der Waals surface area contributed by atoms with E-state index in [1.165, 1.54) is 13.3 Å². The molecular formula is C19H24N4O4. The van der Waals surface area contributed by atoms with Crippen LogP contribution in [0.15, 0.2) is 22.9 Å². The van der Waals surface area contributed by atoms with E-state index in [0.29, 0.717) is 43.8 Å². The van der Waals surface area contributed by atoms with Crippen LogP contribution >= 0.6 is 0 Å². The topological polar surface area (TPSA) is 97.6 Å². The Morgan fingerprint density at radius 3 is 2.81 bits per heavy atom. The summed E-state index contributed by atoms with van der Waals surface area (Å²) >= 11 is 0. The van der Waals surface area contributed by atoms with E-state index in [1.807, 2.05) is 18.7 Å². The first-order valence-corrected chi connectivity index (χ1v) is 8.98. The zero-order valence-corrected chi connectivity index (χ0v) is 15.8. The maximum absolute atomic E-state index is 12.5. The van der Waals surface area contributed by atoms with Gasteiger partial charge in [0, 0.05) is 36.8 Å². The molecule has 1 fully saturated rings. The molecule has 1 unspecified atom stereocenters. The molecule has 0 saturated carbocycles. The SMILES string of the molecule is COc1ccc(C(=O)NC2CCC(=O)N(Cc3c(C)noc3C)CC2)cn1. The van der Waals surface area contributed by atoms with Crippen molar-refractivity contribution in [2.75, 3.05) is 13.7 Å². The second-order valence-corrected chi connectivity index (χ2v) is 6.70. The largest absolute Gasteiger partial charge is 0.481 e. The first-order valence-electron chi connectivity index (χ1n) is 8.98. The van der Waals surface area contributed by atoms with Gasteiger partial charge in [0.05, 0.1) is 24.9 Å². The zero-order valence-electron chi connectivity index (χ0n) is 15.8. The molecule has 1 saturated heterocycles. The van der Waals surface area contributed by atoms with Crippen molar-refractivity contribution in [3.05, 3.63) is 40.9 Å². The molecule has 0 spiro atoms. The molecule has 2 aromatic rings. The molecule has 1 N–H and O–H groups in total. The second kappa shape index (κ2) is 8.20. The number of nitrogens with one attached hydrogen (secondary N) is 1. The van der Waals surface area contributed by atoms with Crippen molar-refractivity contribution < 1.29 is 18.8 Å². The van der Waals surface area contributed by atoms with Crippen molar-refractivity contribution in [1.29, 1.82) is 0 Å². The Hall–Kier alpha value is -2.90. The normalized spacial score (nSPS) is 17.5. The maximum Gasteiger partial charge on any atom is 0.253 e. The number of carbonyl (C=O) groups excluding carboxylic acids is 2. The summed E-state index contributed by atoms with van der Waals surface area (Å²) in [5.74, 6) is 1.09. The van der Waals surface area contributed by atoms with Gasteiger partial charge >= 0.3 is 0 Å². The van der Waals surface area contributed by atoms with Gasteiger partial charge in [0.25, 0.3) is 5.91 Å². The molecule has 2 aromatic heterocycles.